The van der Waals surface area contributed by atoms with E-state index in [1.807, 2.05) is 0 Å². The molecule has 1 unspecified atom stereocenters. The zero-order valence-electron chi connectivity index (χ0n) is 24.9. The molecule has 2 rings (SSSR count). The summed E-state index contributed by atoms with van der Waals surface area (Å²) < 4.78 is 78.4. The minimum Gasteiger partial charge on any atom is -0.463 e. The fourth-order valence-corrected chi connectivity index (χ4v) is 4.26. The standard InChI is InChI=1S/C25H31FN4O15S/c1-13(31)39-12-20-21(40-14(2)32)22(41-15(3)33)23(42-16(4)34)25(44-20)43-18-6-5-17(11-19(18)45-46(26,36)37)24(35)28-7-9-38-10-8-29-30-27/h5-6,11,20-23,25H,7-10,12H2,1-4H3,(H,28,35)/t20-,21+,22+,23+,25?/m1/s1. The molecule has 19 nitrogen and oxygen atoms in total. The smallest absolute Gasteiger partial charge is 0.463 e. The Hall–Kier alpha value is -4.72. The van der Waals surface area contributed by atoms with Gasteiger partial charge in [-0.1, -0.05) is 9.00 Å². The lowest BCUT2D eigenvalue weighted by molar-refractivity contribution is -0.288. The van der Waals surface area contributed by atoms with Crippen LogP contribution in [0.15, 0.2) is 23.3 Å². The number of carbonyl (C=O) groups excluding carboxylic acids is 5. The van der Waals surface area contributed by atoms with Gasteiger partial charge in [-0.05, 0) is 23.7 Å². The molecule has 1 amide bonds. The molecule has 1 heterocycles. The van der Waals surface area contributed by atoms with E-state index < -0.39 is 89.1 Å². The van der Waals surface area contributed by atoms with Crippen LogP contribution in [0.5, 0.6) is 11.5 Å². The fraction of sp³-hybridized carbons (Fsp3) is 0.560. The van der Waals surface area contributed by atoms with Crippen molar-refractivity contribution < 1.29 is 73.6 Å². The number of halogens is 1. The maximum Gasteiger partial charge on any atom is 0.488 e. The highest BCUT2D eigenvalue weighted by Crippen LogP contribution is 2.35. The highest BCUT2D eigenvalue weighted by Gasteiger charge is 2.53. The van der Waals surface area contributed by atoms with E-state index in [-0.39, 0.29) is 31.9 Å². The van der Waals surface area contributed by atoms with Crippen LogP contribution in [0.25, 0.3) is 10.4 Å². The molecule has 254 valence electrons. The Bertz CT molecular complexity index is 1440. The van der Waals surface area contributed by atoms with Gasteiger partial charge in [-0.15, -0.1) is 0 Å². The Morgan fingerprint density at radius 1 is 0.935 bits per heavy atom. The highest BCUT2D eigenvalue weighted by atomic mass is 32.3. The summed E-state index contributed by atoms with van der Waals surface area (Å²) >= 11 is 0. The number of hydrogen-bond donors (Lipinski definition) is 1. The molecule has 0 aliphatic carbocycles. The van der Waals surface area contributed by atoms with Crippen LogP contribution >= 0.6 is 0 Å². The van der Waals surface area contributed by atoms with Gasteiger partial charge in [0.2, 0.25) is 12.4 Å². The molecule has 1 fully saturated rings. The summed E-state index contributed by atoms with van der Waals surface area (Å²) in [5.74, 6) is -5.71. The van der Waals surface area contributed by atoms with Crippen molar-refractivity contribution in [2.75, 3.05) is 32.9 Å². The first-order chi connectivity index (χ1) is 21.6. The SMILES string of the molecule is CC(=O)OC[C@H]1OC(Oc2ccc(C(=O)NCCOCCN=[N+]=[N-])cc2OS(=O)(=O)F)[C@@H](OC(C)=O)[C@@H](OC(C)=O)[C@H]1OC(C)=O. The summed E-state index contributed by atoms with van der Waals surface area (Å²) in [4.78, 5) is 62.7. The fourth-order valence-electron chi connectivity index (χ4n) is 3.92. The van der Waals surface area contributed by atoms with E-state index in [1.165, 1.54) is 0 Å². The van der Waals surface area contributed by atoms with Crippen molar-refractivity contribution in [3.63, 3.8) is 0 Å². The molecule has 1 N–H and O–H groups in total. The van der Waals surface area contributed by atoms with Gasteiger partial charge in [0.25, 0.3) is 5.91 Å². The Morgan fingerprint density at radius 3 is 2.15 bits per heavy atom. The molecule has 46 heavy (non-hydrogen) atoms. The van der Waals surface area contributed by atoms with Crippen LogP contribution in [-0.4, -0.2) is 102 Å². The third kappa shape index (κ3) is 12.7. The monoisotopic (exact) mass is 678 g/mol. The number of rotatable bonds is 16. The molecule has 5 atom stereocenters. The number of hydrogen-bond acceptors (Lipinski definition) is 16. The van der Waals surface area contributed by atoms with Crippen LogP contribution in [0.1, 0.15) is 38.1 Å². The van der Waals surface area contributed by atoms with Crippen LogP contribution in [0.2, 0.25) is 0 Å². The van der Waals surface area contributed by atoms with Gasteiger partial charge in [-0.3, -0.25) is 24.0 Å². The van der Waals surface area contributed by atoms with E-state index in [1.54, 1.807) is 0 Å². The summed E-state index contributed by atoms with van der Waals surface area (Å²) in [6.45, 7) is 3.66. The molecule has 1 aliphatic heterocycles. The van der Waals surface area contributed by atoms with E-state index in [0.717, 1.165) is 45.9 Å². The van der Waals surface area contributed by atoms with Crippen LogP contribution in [0, 0.1) is 0 Å². The Morgan fingerprint density at radius 2 is 1.57 bits per heavy atom. The molecule has 1 aliphatic rings. The second-order valence-corrected chi connectivity index (χ2v) is 10.1. The van der Waals surface area contributed by atoms with Crippen molar-refractivity contribution in [2.24, 2.45) is 5.11 Å². The highest BCUT2D eigenvalue weighted by molar-refractivity contribution is 7.81. The van der Waals surface area contributed by atoms with Crippen LogP contribution in [0.3, 0.4) is 0 Å². The lowest BCUT2D eigenvalue weighted by Crippen LogP contribution is -2.63. The maximum absolute atomic E-state index is 13.7. The minimum absolute atomic E-state index is 0.0182. The predicted molar refractivity (Wildman–Crippen MR) is 147 cm³/mol. The maximum atomic E-state index is 13.7. The quantitative estimate of drug-likeness (QED) is 0.0482. The Balaban J connectivity index is 2.45. The molecular formula is C25H31FN4O15S. The van der Waals surface area contributed by atoms with Crippen LogP contribution < -0.4 is 14.2 Å². The first-order valence-corrected chi connectivity index (χ1v) is 14.5. The first-order valence-electron chi connectivity index (χ1n) is 13.2. The van der Waals surface area contributed by atoms with Gasteiger partial charge >= 0.3 is 34.4 Å². The van der Waals surface area contributed by atoms with Crippen LogP contribution in [-0.2, 0) is 58.1 Å². The molecule has 0 saturated carbocycles. The number of amides is 1. The molecule has 0 spiro atoms. The van der Waals surface area contributed by atoms with Gasteiger partial charge in [0.1, 0.15) is 12.7 Å². The number of nitrogens with zero attached hydrogens (tertiary/aromatic N) is 3. The molecule has 0 radical (unpaired) electrons. The zero-order chi connectivity index (χ0) is 34.4. The molecule has 1 aromatic rings. The van der Waals surface area contributed by atoms with E-state index in [9.17, 15) is 36.3 Å². The van der Waals surface area contributed by atoms with Gasteiger partial charge < -0.3 is 42.7 Å². The van der Waals surface area contributed by atoms with Gasteiger partial charge in [-0.2, -0.15) is 8.42 Å². The van der Waals surface area contributed by atoms with Gasteiger partial charge in [-0.25, -0.2) is 0 Å². The molecule has 0 bridgehead atoms. The molecule has 1 aromatic carbocycles. The number of carbonyl (C=O) groups is 5. The zero-order valence-corrected chi connectivity index (χ0v) is 25.7. The van der Waals surface area contributed by atoms with Crippen molar-refractivity contribution in [3.8, 4) is 11.5 Å². The lowest BCUT2D eigenvalue weighted by Gasteiger charge is -2.43. The molecule has 21 heteroatoms. The molecule has 1 saturated heterocycles. The summed E-state index contributed by atoms with van der Waals surface area (Å²) in [5.41, 5.74) is 8.02. The summed E-state index contributed by atoms with van der Waals surface area (Å²) in [6.07, 6.45) is -8.09. The molecule has 0 aromatic heterocycles. The van der Waals surface area contributed by atoms with Crippen molar-refractivity contribution in [1.29, 1.82) is 0 Å². The van der Waals surface area contributed by atoms with E-state index in [2.05, 4.69) is 19.5 Å². The third-order valence-corrected chi connectivity index (χ3v) is 5.90. The number of esters is 4. The van der Waals surface area contributed by atoms with Gasteiger partial charge in [0.15, 0.2) is 23.7 Å². The Labute approximate surface area is 261 Å². The lowest BCUT2D eigenvalue weighted by atomic mass is 9.98. The first kappa shape index (κ1) is 37.5. The van der Waals surface area contributed by atoms with Gasteiger partial charge in [0.05, 0.1) is 13.2 Å². The molecular weight excluding hydrogens is 647 g/mol. The summed E-state index contributed by atoms with van der Waals surface area (Å²) in [7, 11) is -5.70. The van der Waals surface area contributed by atoms with Crippen LogP contribution in [0.4, 0.5) is 3.89 Å². The normalized spacial score (nSPS) is 20.7. The second kappa shape index (κ2) is 17.7. The average Bonchev–Trinajstić information content (AvgIpc) is 2.93. The van der Waals surface area contributed by atoms with Gasteiger partial charge in [0, 0.05) is 51.3 Å². The third-order valence-electron chi connectivity index (χ3n) is 5.52. The number of benzene rings is 1. The average molecular weight is 679 g/mol. The summed E-state index contributed by atoms with van der Waals surface area (Å²) in [6, 6.07) is 2.95. The summed E-state index contributed by atoms with van der Waals surface area (Å²) in [5, 5.41) is 5.74. The van der Waals surface area contributed by atoms with Crippen molar-refractivity contribution in [3.05, 3.63) is 34.2 Å². The van der Waals surface area contributed by atoms with Crippen molar-refractivity contribution in [2.45, 2.75) is 58.4 Å². The van der Waals surface area contributed by atoms with E-state index >= 15 is 0 Å². The minimum atomic E-state index is -5.70. The van der Waals surface area contributed by atoms with E-state index in [4.69, 9.17) is 38.7 Å². The largest absolute Gasteiger partial charge is 0.488 e. The number of nitrogens with one attached hydrogen (secondary N) is 1. The van der Waals surface area contributed by atoms with Crippen molar-refractivity contribution in [1.82, 2.24) is 5.32 Å². The van der Waals surface area contributed by atoms with E-state index in [0.29, 0.717) is 0 Å². The second-order valence-electron chi connectivity index (χ2n) is 9.15. The van der Waals surface area contributed by atoms with Crippen molar-refractivity contribution >= 4 is 40.3 Å². The number of ether oxygens (including phenoxy) is 7. The predicted octanol–water partition coefficient (Wildman–Crippen LogP) is 0.798. The Kier molecular flexibility index (Phi) is 14.4. The number of azide groups is 1. The topological polar surface area (TPSA) is 254 Å².